The van der Waals surface area contributed by atoms with Gasteiger partial charge in [0.05, 0.1) is 23.4 Å². The summed E-state index contributed by atoms with van der Waals surface area (Å²) in [5, 5.41) is 13.1. The maximum atomic E-state index is 13.3. The number of benzene rings is 2. The van der Waals surface area contributed by atoms with E-state index in [1.54, 1.807) is 19.2 Å². The topological polar surface area (TPSA) is 78.9 Å². The average Bonchev–Trinajstić information content (AvgIpc) is 2.82. The molecule has 0 unspecified atom stereocenters. The number of nitrogens with zero attached hydrogens (tertiary/aromatic N) is 1. The van der Waals surface area contributed by atoms with Crippen molar-refractivity contribution < 1.29 is 19.4 Å². The summed E-state index contributed by atoms with van der Waals surface area (Å²) in [6, 6.07) is 12.1. The Morgan fingerprint density at radius 2 is 1.88 bits per heavy atom. The van der Waals surface area contributed by atoms with Gasteiger partial charge in [0.2, 0.25) is 0 Å². The van der Waals surface area contributed by atoms with Crippen molar-refractivity contribution in [1.82, 2.24) is 5.32 Å². The number of aromatic carboxylic acids is 1. The number of carboxylic acid groups (broad SMARTS) is 1. The number of carbonyl (C=O) groups is 2. The number of aryl methyl sites for hydroxylation is 1. The highest BCUT2D eigenvalue weighted by molar-refractivity contribution is 6.31. The third kappa shape index (κ3) is 5.45. The molecular weight excluding hydrogens is 452 g/mol. The highest BCUT2D eigenvalue weighted by atomic mass is 35.5. The Morgan fingerprint density at radius 3 is 2.44 bits per heavy atom. The Hall–Kier alpha value is -2.83. The van der Waals surface area contributed by atoms with Crippen LogP contribution >= 0.6 is 11.6 Å². The van der Waals surface area contributed by atoms with Gasteiger partial charge in [0.1, 0.15) is 0 Å². The fourth-order valence-electron chi connectivity index (χ4n) is 4.33. The van der Waals surface area contributed by atoms with E-state index >= 15 is 0 Å². The van der Waals surface area contributed by atoms with E-state index in [0.29, 0.717) is 36.1 Å². The summed E-state index contributed by atoms with van der Waals surface area (Å²) < 4.78 is 5.36. The summed E-state index contributed by atoms with van der Waals surface area (Å²) in [5.74, 6) is -0.417. The van der Waals surface area contributed by atoms with E-state index in [1.807, 2.05) is 19.2 Å². The lowest BCUT2D eigenvalue weighted by atomic mass is 9.77. The van der Waals surface area contributed by atoms with Crippen molar-refractivity contribution in [3.05, 3.63) is 76.0 Å². The number of hydrogen-bond acceptors (Lipinski definition) is 3. The van der Waals surface area contributed by atoms with E-state index in [2.05, 4.69) is 31.3 Å². The highest BCUT2D eigenvalue weighted by Gasteiger charge is 2.41. The number of ether oxygens (including phenoxy) is 1. The van der Waals surface area contributed by atoms with Crippen molar-refractivity contribution in [1.29, 1.82) is 0 Å². The molecule has 0 aliphatic carbocycles. The van der Waals surface area contributed by atoms with Crippen LogP contribution in [-0.4, -0.2) is 30.8 Å². The number of anilines is 1. The minimum Gasteiger partial charge on any atom is -0.478 e. The van der Waals surface area contributed by atoms with Gasteiger partial charge in [0.15, 0.2) is 0 Å². The molecule has 3 rings (SSSR count). The van der Waals surface area contributed by atoms with Crippen LogP contribution in [0.25, 0.3) is 0 Å². The molecular formula is C27H33ClN2O4. The van der Waals surface area contributed by atoms with Gasteiger partial charge in [-0.05, 0) is 78.6 Å². The Bertz CT molecular complexity index is 1060. The molecule has 34 heavy (non-hydrogen) atoms. The zero-order chi connectivity index (χ0) is 24.9. The number of hydrogen-bond donors (Lipinski definition) is 2. The summed E-state index contributed by atoms with van der Waals surface area (Å²) in [6.45, 7) is 6.92. The molecule has 1 aliphatic heterocycles. The fraction of sp³-hybridized carbons (Fsp3) is 0.407. The van der Waals surface area contributed by atoms with Crippen LogP contribution in [0, 0.1) is 5.92 Å². The number of carboxylic acids is 1. The molecule has 1 aliphatic rings. The molecule has 182 valence electrons. The number of rotatable bonds is 10. The van der Waals surface area contributed by atoms with Gasteiger partial charge in [-0.3, -0.25) is 4.90 Å². The van der Waals surface area contributed by atoms with Gasteiger partial charge in [-0.15, -0.1) is 0 Å². The van der Waals surface area contributed by atoms with Crippen LogP contribution in [0.15, 0.2) is 54.2 Å². The Kier molecular flexibility index (Phi) is 8.39. The lowest BCUT2D eigenvalue weighted by molar-refractivity contribution is 0.0697. The number of urea groups is 1. The lowest BCUT2D eigenvalue weighted by Gasteiger charge is -2.43. The molecule has 0 saturated heterocycles. The van der Waals surface area contributed by atoms with Crippen LogP contribution in [-0.2, 0) is 16.7 Å². The van der Waals surface area contributed by atoms with Crippen molar-refractivity contribution in [2.24, 2.45) is 5.92 Å². The van der Waals surface area contributed by atoms with Crippen molar-refractivity contribution in [2.75, 3.05) is 18.6 Å². The predicted molar refractivity (Wildman–Crippen MR) is 136 cm³/mol. The molecule has 0 spiro atoms. The molecule has 0 aromatic heterocycles. The average molecular weight is 485 g/mol. The van der Waals surface area contributed by atoms with Crippen LogP contribution < -0.4 is 10.2 Å². The number of amides is 2. The summed E-state index contributed by atoms with van der Waals surface area (Å²) in [6.07, 6.45) is 5.07. The molecule has 6 nitrogen and oxygen atoms in total. The molecule has 1 heterocycles. The van der Waals surface area contributed by atoms with Crippen molar-refractivity contribution >= 4 is 29.3 Å². The minimum atomic E-state index is -1.01. The van der Waals surface area contributed by atoms with Crippen LogP contribution in [0.1, 0.15) is 61.5 Å². The number of nitrogens with one attached hydrogen (secondary N) is 1. The normalized spacial score (nSPS) is 18.1. The molecule has 0 radical (unpaired) electrons. The van der Waals surface area contributed by atoms with Crippen molar-refractivity contribution in [3.63, 3.8) is 0 Å². The molecule has 2 aromatic carbocycles. The van der Waals surface area contributed by atoms with Crippen LogP contribution in [0.2, 0.25) is 5.02 Å². The van der Waals surface area contributed by atoms with E-state index in [0.717, 1.165) is 29.5 Å². The largest absolute Gasteiger partial charge is 0.478 e. The molecule has 0 fully saturated rings. The van der Waals surface area contributed by atoms with Gasteiger partial charge in [-0.2, -0.15) is 0 Å². The van der Waals surface area contributed by atoms with E-state index in [1.165, 1.54) is 17.0 Å². The first-order valence-corrected chi connectivity index (χ1v) is 12.0. The zero-order valence-corrected chi connectivity index (χ0v) is 21.0. The lowest BCUT2D eigenvalue weighted by Crippen LogP contribution is -2.55. The van der Waals surface area contributed by atoms with Crippen molar-refractivity contribution in [2.45, 2.75) is 52.0 Å². The third-order valence-corrected chi connectivity index (χ3v) is 6.76. The maximum Gasteiger partial charge on any atom is 0.335 e. The summed E-state index contributed by atoms with van der Waals surface area (Å²) in [7, 11) is 1.65. The first kappa shape index (κ1) is 25.8. The first-order chi connectivity index (χ1) is 16.2. The molecule has 0 saturated carbocycles. The van der Waals surface area contributed by atoms with E-state index in [-0.39, 0.29) is 11.6 Å². The van der Waals surface area contributed by atoms with E-state index in [4.69, 9.17) is 16.3 Å². The van der Waals surface area contributed by atoms with Gasteiger partial charge in [0, 0.05) is 18.3 Å². The SMILES string of the molecule is CC[C@@]1(c2ccc(CCC(C)C)c(Cl)c2)NC(=O)N(c2ccc(C(=O)O)cc2)C=C1CCOC. The monoisotopic (exact) mass is 484 g/mol. The maximum absolute atomic E-state index is 13.3. The first-order valence-electron chi connectivity index (χ1n) is 11.7. The predicted octanol–water partition coefficient (Wildman–Crippen LogP) is 6.38. The zero-order valence-electron chi connectivity index (χ0n) is 20.2. The molecule has 2 amide bonds. The molecule has 7 heteroatoms. The molecule has 2 N–H and O–H groups in total. The summed E-state index contributed by atoms with van der Waals surface area (Å²) in [4.78, 5) is 26.0. The third-order valence-electron chi connectivity index (χ3n) is 6.41. The molecule has 1 atom stereocenters. The van der Waals surface area contributed by atoms with Crippen LogP contribution in [0.3, 0.4) is 0 Å². The van der Waals surface area contributed by atoms with Crippen LogP contribution in [0.4, 0.5) is 10.5 Å². The minimum absolute atomic E-state index is 0.167. The standard InChI is InChI=1S/C27H33ClN2O4/c1-5-27(21-11-8-19(24(28)16-21)7-6-18(2)3)22(14-15-34-4)17-30(26(33)29-27)23-12-9-20(10-13-23)25(31)32/h8-13,16-18H,5-7,14-15H2,1-4H3,(H,29,33)(H,31,32)/t27-/m0/s1. The second kappa shape index (κ2) is 11.1. The van der Waals surface area contributed by atoms with Gasteiger partial charge in [0.25, 0.3) is 0 Å². The Morgan fingerprint density at radius 1 is 1.18 bits per heavy atom. The van der Waals surface area contributed by atoms with Crippen molar-refractivity contribution in [3.8, 4) is 0 Å². The van der Waals surface area contributed by atoms with E-state index < -0.39 is 11.5 Å². The Balaban J connectivity index is 2.02. The highest BCUT2D eigenvalue weighted by Crippen LogP contribution is 2.40. The summed E-state index contributed by atoms with van der Waals surface area (Å²) >= 11 is 6.69. The molecule has 0 bridgehead atoms. The fourth-order valence-corrected chi connectivity index (χ4v) is 4.61. The second-order valence-electron chi connectivity index (χ2n) is 9.05. The number of carbonyl (C=O) groups excluding carboxylic acids is 1. The van der Waals surface area contributed by atoms with Gasteiger partial charge >= 0.3 is 12.0 Å². The number of halogens is 1. The second-order valence-corrected chi connectivity index (χ2v) is 9.45. The van der Waals surface area contributed by atoms with Gasteiger partial charge < -0.3 is 15.2 Å². The van der Waals surface area contributed by atoms with E-state index in [9.17, 15) is 14.7 Å². The smallest absolute Gasteiger partial charge is 0.335 e. The summed E-state index contributed by atoms with van der Waals surface area (Å²) in [5.41, 5.74) is 3.07. The Labute approximate surface area is 206 Å². The van der Waals surface area contributed by atoms with Gasteiger partial charge in [-0.25, -0.2) is 9.59 Å². The quantitative estimate of drug-likeness (QED) is 0.410. The van der Waals surface area contributed by atoms with Crippen LogP contribution in [0.5, 0.6) is 0 Å². The molecule has 2 aromatic rings. The number of methoxy groups -OCH3 is 1. The van der Waals surface area contributed by atoms with Gasteiger partial charge in [-0.1, -0.05) is 44.5 Å².